The van der Waals surface area contributed by atoms with Crippen LogP contribution in [-0.2, 0) is 9.47 Å². The van der Waals surface area contributed by atoms with Crippen molar-refractivity contribution in [3.05, 3.63) is 0 Å². The lowest BCUT2D eigenvalue weighted by atomic mass is 9.94. The lowest BCUT2D eigenvalue weighted by Gasteiger charge is -2.31. The fourth-order valence-corrected chi connectivity index (χ4v) is 2.81. The molecule has 0 saturated heterocycles. The summed E-state index contributed by atoms with van der Waals surface area (Å²) in [6.07, 6.45) is 9.26. The van der Waals surface area contributed by atoms with Crippen molar-refractivity contribution in [3.8, 4) is 0 Å². The number of hydrogen-bond donors (Lipinski definition) is 1. The zero-order valence-corrected chi connectivity index (χ0v) is 9.65. The van der Waals surface area contributed by atoms with Crippen molar-refractivity contribution in [2.45, 2.75) is 69.3 Å². The summed E-state index contributed by atoms with van der Waals surface area (Å²) in [4.78, 5) is 0. The number of ether oxygens (including phenoxy) is 2. The molecule has 0 heterocycles. The third kappa shape index (κ3) is 2.92. The van der Waals surface area contributed by atoms with Gasteiger partial charge in [0, 0.05) is 13.2 Å². The third-order valence-electron chi connectivity index (χ3n) is 3.78. The average molecular weight is 213 g/mol. The number of methoxy groups -OCH3 is 1. The summed E-state index contributed by atoms with van der Waals surface area (Å²) < 4.78 is 11.5. The van der Waals surface area contributed by atoms with E-state index < -0.39 is 0 Å². The van der Waals surface area contributed by atoms with E-state index in [0.717, 1.165) is 19.3 Å². The standard InChI is InChI=1S/C12H23NO2/c1-14-9-4-2-5-10(8-9)15-12-7-3-6-11(12)13/h9-12H,2-8,13H2,1H3. The fourth-order valence-electron chi connectivity index (χ4n) is 2.81. The Morgan fingerprint density at radius 2 is 1.73 bits per heavy atom. The first-order valence-corrected chi connectivity index (χ1v) is 6.23. The van der Waals surface area contributed by atoms with E-state index in [-0.39, 0.29) is 6.04 Å². The lowest BCUT2D eigenvalue weighted by Crippen LogP contribution is -2.37. The Labute approximate surface area is 92.3 Å². The van der Waals surface area contributed by atoms with Crippen LogP contribution in [0, 0.1) is 0 Å². The second-order valence-corrected chi connectivity index (χ2v) is 4.92. The molecule has 0 spiro atoms. The van der Waals surface area contributed by atoms with E-state index >= 15 is 0 Å². The van der Waals surface area contributed by atoms with E-state index in [2.05, 4.69) is 0 Å². The topological polar surface area (TPSA) is 44.5 Å². The largest absolute Gasteiger partial charge is 0.381 e. The molecule has 2 fully saturated rings. The van der Waals surface area contributed by atoms with Crippen LogP contribution in [0.1, 0.15) is 44.9 Å². The molecule has 0 aromatic rings. The molecule has 0 aromatic carbocycles. The molecule has 15 heavy (non-hydrogen) atoms. The minimum Gasteiger partial charge on any atom is -0.381 e. The SMILES string of the molecule is COC1CCCC(OC2CCCC2N)C1. The maximum absolute atomic E-state index is 6.09. The van der Waals surface area contributed by atoms with Gasteiger partial charge < -0.3 is 15.2 Å². The zero-order valence-electron chi connectivity index (χ0n) is 9.65. The summed E-state index contributed by atoms with van der Waals surface area (Å²) in [5, 5.41) is 0. The molecule has 2 saturated carbocycles. The Morgan fingerprint density at radius 3 is 2.40 bits per heavy atom. The predicted molar refractivity (Wildman–Crippen MR) is 59.8 cm³/mol. The molecule has 0 aliphatic heterocycles. The van der Waals surface area contributed by atoms with Crippen LogP contribution >= 0.6 is 0 Å². The Balaban J connectivity index is 1.78. The lowest BCUT2D eigenvalue weighted by molar-refractivity contribution is -0.0665. The van der Waals surface area contributed by atoms with E-state index in [9.17, 15) is 0 Å². The van der Waals surface area contributed by atoms with Gasteiger partial charge in [0.2, 0.25) is 0 Å². The van der Waals surface area contributed by atoms with Crippen molar-refractivity contribution in [1.29, 1.82) is 0 Å². The van der Waals surface area contributed by atoms with Crippen LogP contribution in [0.5, 0.6) is 0 Å². The van der Waals surface area contributed by atoms with Crippen LogP contribution in [0.4, 0.5) is 0 Å². The average Bonchev–Trinajstić information content (AvgIpc) is 2.65. The quantitative estimate of drug-likeness (QED) is 0.778. The maximum Gasteiger partial charge on any atom is 0.0729 e. The predicted octanol–water partition coefficient (Wildman–Crippen LogP) is 1.84. The molecule has 4 unspecified atom stereocenters. The van der Waals surface area contributed by atoms with Crippen LogP contribution in [-0.4, -0.2) is 31.5 Å². The minimum absolute atomic E-state index is 0.271. The van der Waals surface area contributed by atoms with Crippen LogP contribution in [0.15, 0.2) is 0 Å². The Morgan fingerprint density at radius 1 is 1.00 bits per heavy atom. The van der Waals surface area contributed by atoms with Crippen LogP contribution in [0.2, 0.25) is 0 Å². The molecule has 2 rings (SSSR count). The summed E-state index contributed by atoms with van der Waals surface area (Å²) in [6, 6.07) is 0.271. The van der Waals surface area contributed by atoms with Gasteiger partial charge in [0.25, 0.3) is 0 Å². The molecule has 88 valence electrons. The van der Waals surface area contributed by atoms with Crippen molar-refractivity contribution < 1.29 is 9.47 Å². The van der Waals surface area contributed by atoms with Crippen molar-refractivity contribution in [3.63, 3.8) is 0 Å². The molecule has 0 aromatic heterocycles. The minimum atomic E-state index is 0.271. The second kappa shape index (κ2) is 5.28. The van der Waals surface area contributed by atoms with Gasteiger partial charge in [0.05, 0.1) is 18.3 Å². The summed E-state index contributed by atoms with van der Waals surface area (Å²) in [5.74, 6) is 0. The van der Waals surface area contributed by atoms with Gasteiger partial charge in [0.15, 0.2) is 0 Å². The Bertz CT molecular complexity index is 198. The van der Waals surface area contributed by atoms with Gasteiger partial charge in [-0.25, -0.2) is 0 Å². The van der Waals surface area contributed by atoms with Crippen LogP contribution < -0.4 is 5.73 Å². The fraction of sp³-hybridized carbons (Fsp3) is 1.00. The van der Waals surface area contributed by atoms with E-state index in [1.165, 1.54) is 25.7 Å². The molecule has 4 atom stereocenters. The van der Waals surface area contributed by atoms with E-state index in [1.54, 1.807) is 7.11 Å². The van der Waals surface area contributed by atoms with Crippen molar-refractivity contribution in [2.75, 3.05) is 7.11 Å². The first kappa shape index (κ1) is 11.4. The number of rotatable bonds is 3. The summed E-state index contributed by atoms with van der Waals surface area (Å²) in [5.41, 5.74) is 6.01. The molecule has 2 aliphatic carbocycles. The molecule has 2 aliphatic rings. The van der Waals surface area contributed by atoms with E-state index in [1.807, 2.05) is 0 Å². The smallest absolute Gasteiger partial charge is 0.0729 e. The van der Waals surface area contributed by atoms with Gasteiger partial charge in [-0.1, -0.05) is 0 Å². The number of hydrogen-bond acceptors (Lipinski definition) is 3. The summed E-state index contributed by atoms with van der Waals surface area (Å²) in [6.45, 7) is 0. The first-order chi connectivity index (χ1) is 7.29. The molecule has 2 N–H and O–H groups in total. The third-order valence-corrected chi connectivity index (χ3v) is 3.78. The van der Waals surface area contributed by atoms with Gasteiger partial charge in [-0.3, -0.25) is 0 Å². The first-order valence-electron chi connectivity index (χ1n) is 6.23. The molecule has 3 nitrogen and oxygen atoms in total. The molecule has 3 heteroatoms. The van der Waals surface area contributed by atoms with Gasteiger partial charge in [-0.15, -0.1) is 0 Å². The second-order valence-electron chi connectivity index (χ2n) is 4.92. The summed E-state index contributed by atoms with van der Waals surface area (Å²) >= 11 is 0. The highest BCUT2D eigenvalue weighted by Gasteiger charge is 2.30. The van der Waals surface area contributed by atoms with Gasteiger partial charge in [0.1, 0.15) is 0 Å². The van der Waals surface area contributed by atoms with Crippen molar-refractivity contribution >= 4 is 0 Å². The molecular formula is C12H23NO2. The zero-order chi connectivity index (χ0) is 10.7. The maximum atomic E-state index is 6.09. The van der Waals surface area contributed by atoms with Gasteiger partial charge in [-0.05, 0) is 44.9 Å². The van der Waals surface area contributed by atoms with Crippen molar-refractivity contribution in [2.24, 2.45) is 5.73 Å². The highest BCUT2D eigenvalue weighted by Crippen LogP contribution is 2.28. The normalized spacial score (nSPS) is 42.0. The molecule has 0 bridgehead atoms. The Hall–Kier alpha value is -0.120. The van der Waals surface area contributed by atoms with Gasteiger partial charge >= 0.3 is 0 Å². The number of nitrogens with two attached hydrogens (primary N) is 1. The molecule has 0 radical (unpaired) electrons. The summed E-state index contributed by atoms with van der Waals surface area (Å²) in [7, 11) is 1.80. The highest BCUT2D eigenvalue weighted by atomic mass is 16.5. The van der Waals surface area contributed by atoms with Crippen LogP contribution in [0.3, 0.4) is 0 Å². The molecular weight excluding hydrogens is 190 g/mol. The van der Waals surface area contributed by atoms with Crippen molar-refractivity contribution in [1.82, 2.24) is 0 Å². The van der Waals surface area contributed by atoms with E-state index in [0.29, 0.717) is 18.3 Å². The molecule has 0 amide bonds. The highest BCUT2D eigenvalue weighted by molar-refractivity contribution is 4.83. The van der Waals surface area contributed by atoms with Crippen LogP contribution in [0.25, 0.3) is 0 Å². The Kier molecular flexibility index (Phi) is 4.00. The van der Waals surface area contributed by atoms with E-state index in [4.69, 9.17) is 15.2 Å². The monoisotopic (exact) mass is 213 g/mol. The van der Waals surface area contributed by atoms with Gasteiger partial charge in [-0.2, -0.15) is 0 Å².